The molecule has 1 amide bonds. The number of allylic oxidation sites excluding steroid dienone is 2. The number of likely N-dealkylation sites (N-methyl/N-ethyl adjacent to an activating group) is 1. The van der Waals surface area contributed by atoms with Gasteiger partial charge in [0.2, 0.25) is 5.91 Å². The molecule has 9 nitrogen and oxygen atoms in total. The van der Waals surface area contributed by atoms with Crippen molar-refractivity contribution >= 4 is 23.4 Å². The van der Waals surface area contributed by atoms with E-state index in [0.717, 1.165) is 56.9 Å². The minimum absolute atomic E-state index is 0.0167. The molecule has 0 saturated heterocycles. The molecule has 9 heteroatoms. The Kier molecular flexibility index (Phi) is 10.1. The Hall–Kier alpha value is -2.10. The lowest BCUT2D eigenvalue weighted by molar-refractivity contribution is -0.173. The summed E-state index contributed by atoms with van der Waals surface area (Å²) in [6.45, 7) is 13.7. The van der Waals surface area contributed by atoms with Crippen LogP contribution in [0.25, 0.3) is 0 Å². The number of hydrogen-bond acceptors (Lipinski definition) is 7. The molecule has 0 heterocycles. The molecule has 6 aliphatic rings. The zero-order valence-electron chi connectivity index (χ0n) is 31.8. The Morgan fingerprint density at radius 1 is 0.960 bits per heavy atom. The van der Waals surface area contributed by atoms with E-state index < -0.39 is 17.1 Å². The molecule has 0 aromatic carbocycles. The van der Waals surface area contributed by atoms with Crippen molar-refractivity contribution in [1.29, 1.82) is 0 Å². The molecule has 0 spiro atoms. The van der Waals surface area contributed by atoms with Crippen LogP contribution in [0.1, 0.15) is 119 Å². The molecule has 5 saturated carbocycles. The van der Waals surface area contributed by atoms with Crippen molar-refractivity contribution in [3.63, 3.8) is 0 Å². The number of carbonyl (C=O) groups is 4. The Morgan fingerprint density at radius 2 is 1.62 bits per heavy atom. The first-order valence-electron chi connectivity index (χ1n) is 19.9. The highest BCUT2D eigenvalue weighted by molar-refractivity contribution is 6.01. The second-order valence-corrected chi connectivity index (χ2v) is 18.8. The summed E-state index contributed by atoms with van der Waals surface area (Å²) in [5, 5.41) is 25.8. The van der Waals surface area contributed by atoms with Crippen LogP contribution >= 0.6 is 0 Å². The van der Waals surface area contributed by atoms with Crippen molar-refractivity contribution in [2.45, 2.75) is 124 Å². The summed E-state index contributed by atoms with van der Waals surface area (Å²) in [7, 11) is 1.62. The number of hydrogen-bond donors (Lipinski definition) is 5. The van der Waals surface area contributed by atoms with E-state index in [1.54, 1.807) is 7.05 Å². The molecule has 6 N–H and O–H groups in total. The van der Waals surface area contributed by atoms with Crippen LogP contribution in [-0.4, -0.2) is 59.5 Å². The smallest absolute Gasteiger partial charge is 0.306 e. The minimum Gasteiger partial charge on any atom is -0.481 e. The maximum atomic E-state index is 13.8. The quantitative estimate of drug-likeness (QED) is 0.178. The van der Waals surface area contributed by atoms with Crippen LogP contribution in [0.2, 0.25) is 0 Å². The second-order valence-electron chi connectivity index (χ2n) is 18.8. The number of aliphatic carboxylic acids is 1. The number of aliphatic hydroxyl groups is 1. The van der Waals surface area contributed by atoms with E-state index >= 15 is 0 Å². The molecule has 0 bridgehead atoms. The summed E-state index contributed by atoms with van der Waals surface area (Å²) >= 11 is 0. The van der Waals surface area contributed by atoms with E-state index in [9.17, 15) is 29.4 Å². The summed E-state index contributed by atoms with van der Waals surface area (Å²) in [5.41, 5.74) is 6.58. The fourth-order valence-electron chi connectivity index (χ4n) is 13.5. The van der Waals surface area contributed by atoms with Crippen molar-refractivity contribution in [3.05, 3.63) is 11.1 Å². The van der Waals surface area contributed by atoms with Crippen LogP contribution in [-0.2, 0) is 19.2 Å². The standard InChI is InChI=1S/C41H65N3O6/c1-22(2)35-32(46)18-40(19-34(47)44-21-41(50,20-42)43-7)15-12-30-26(36(35)40)8-9-33-38(5)13-10-25(23(3)29(38)11-14-39(30,33)6)16-31(45)27-17-28(24(27)4)37(48)49/h22-30,33,43,50H,8-21,42H2,1-7H3,(H,44,47)(H,48,49). The van der Waals surface area contributed by atoms with E-state index in [4.69, 9.17) is 5.73 Å². The van der Waals surface area contributed by atoms with Gasteiger partial charge in [0.05, 0.1) is 12.5 Å². The predicted octanol–water partition coefficient (Wildman–Crippen LogP) is 5.49. The van der Waals surface area contributed by atoms with Gasteiger partial charge in [0.1, 0.15) is 11.5 Å². The lowest BCUT2D eigenvalue weighted by Crippen LogP contribution is -2.60. The third-order valence-electron chi connectivity index (χ3n) is 16.4. The maximum Gasteiger partial charge on any atom is 0.306 e. The SMILES string of the molecule is CNC(O)(CN)CNC(=O)CC12CCC3C(CCC4C3(C)CCC3C(C)C(CC(=O)C5CC(C(=O)O)C5C)CCC34C)C1=C(C(C)C)C(=O)C2. The van der Waals surface area contributed by atoms with Gasteiger partial charge in [-0.2, -0.15) is 0 Å². The number of amides is 1. The van der Waals surface area contributed by atoms with Gasteiger partial charge in [0, 0.05) is 37.1 Å². The number of nitrogens with one attached hydrogen (secondary N) is 2. The molecular formula is C41H65N3O6. The Labute approximate surface area is 299 Å². The molecule has 0 aliphatic heterocycles. The Balaban J connectivity index is 1.20. The first-order valence-corrected chi connectivity index (χ1v) is 19.9. The molecule has 0 aromatic heterocycles. The van der Waals surface area contributed by atoms with Gasteiger partial charge in [-0.15, -0.1) is 0 Å². The number of ketones is 2. The third-order valence-corrected chi connectivity index (χ3v) is 16.4. The number of carbonyl (C=O) groups excluding carboxylic acids is 3. The van der Waals surface area contributed by atoms with Gasteiger partial charge >= 0.3 is 5.97 Å². The highest BCUT2D eigenvalue weighted by Gasteiger charge is 2.65. The molecule has 13 unspecified atom stereocenters. The van der Waals surface area contributed by atoms with E-state index in [1.165, 1.54) is 5.57 Å². The highest BCUT2D eigenvalue weighted by Crippen LogP contribution is 2.72. The predicted molar refractivity (Wildman–Crippen MR) is 192 cm³/mol. The number of carboxylic acid groups (broad SMARTS) is 1. The molecular weight excluding hydrogens is 630 g/mol. The molecule has 6 rings (SSSR count). The monoisotopic (exact) mass is 695 g/mol. The lowest BCUT2D eigenvalue weighted by Gasteiger charge is -2.67. The molecule has 5 fully saturated rings. The van der Waals surface area contributed by atoms with E-state index in [-0.39, 0.29) is 71.5 Å². The zero-order chi connectivity index (χ0) is 36.6. The molecule has 6 aliphatic carbocycles. The van der Waals surface area contributed by atoms with E-state index in [0.29, 0.717) is 54.8 Å². The van der Waals surface area contributed by atoms with Crippen LogP contribution in [0.4, 0.5) is 0 Å². The van der Waals surface area contributed by atoms with Crippen LogP contribution in [0.15, 0.2) is 11.1 Å². The summed E-state index contributed by atoms with van der Waals surface area (Å²) < 4.78 is 0. The zero-order valence-corrected chi connectivity index (χ0v) is 31.8. The Bertz CT molecular complexity index is 1420. The molecule has 0 aromatic rings. The first-order chi connectivity index (χ1) is 23.4. The third kappa shape index (κ3) is 5.93. The largest absolute Gasteiger partial charge is 0.481 e. The normalized spacial score (nSPS) is 43.6. The molecule has 50 heavy (non-hydrogen) atoms. The molecule has 280 valence electrons. The van der Waals surface area contributed by atoms with Gasteiger partial charge in [-0.3, -0.25) is 24.5 Å². The van der Waals surface area contributed by atoms with Crippen LogP contribution in [0, 0.1) is 75.4 Å². The number of rotatable bonds is 11. The summed E-state index contributed by atoms with van der Waals surface area (Å²) in [6.07, 6.45) is 10.4. The Morgan fingerprint density at radius 3 is 2.24 bits per heavy atom. The van der Waals surface area contributed by atoms with Crippen molar-refractivity contribution in [2.24, 2.45) is 81.2 Å². The molecule has 0 radical (unpaired) electrons. The summed E-state index contributed by atoms with van der Waals surface area (Å²) in [6, 6.07) is 0. The van der Waals surface area contributed by atoms with Crippen molar-refractivity contribution in [3.8, 4) is 0 Å². The van der Waals surface area contributed by atoms with Gasteiger partial charge in [0.25, 0.3) is 0 Å². The van der Waals surface area contributed by atoms with Crippen LogP contribution in [0.5, 0.6) is 0 Å². The van der Waals surface area contributed by atoms with Gasteiger partial charge < -0.3 is 21.3 Å². The first kappa shape index (κ1) is 37.7. The van der Waals surface area contributed by atoms with Gasteiger partial charge in [0.15, 0.2) is 5.78 Å². The van der Waals surface area contributed by atoms with Crippen molar-refractivity contribution in [2.75, 3.05) is 20.1 Å². The lowest BCUT2D eigenvalue weighted by atomic mass is 9.37. The second kappa shape index (κ2) is 13.4. The average Bonchev–Trinajstić information content (AvgIpc) is 3.35. The van der Waals surface area contributed by atoms with Gasteiger partial charge in [-0.05, 0) is 129 Å². The van der Waals surface area contributed by atoms with E-state index in [1.807, 2.05) is 6.92 Å². The number of carboxylic acids is 1. The van der Waals surface area contributed by atoms with Crippen LogP contribution < -0.4 is 16.4 Å². The average molecular weight is 696 g/mol. The number of fused-ring (bicyclic) bond motifs is 7. The fourth-order valence-corrected chi connectivity index (χ4v) is 13.5. The summed E-state index contributed by atoms with van der Waals surface area (Å²) in [4.78, 5) is 52.3. The van der Waals surface area contributed by atoms with Crippen molar-refractivity contribution in [1.82, 2.24) is 10.6 Å². The number of Topliss-reactive ketones (excluding diaryl/α,β-unsaturated/α-hetero) is 2. The highest BCUT2D eigenvalue weighted by atomic mass is 16.4. The minimum atomic E-state index is -1.37. The van der Waals surface area contributed by atoms with E-state index in [2.05, 4.69) is 45.3 Å². The maximum absolute atomic E-state index is 13.8. The van der Waals surface area contributed by atoms with Gasteiger partial charge in [-0.1, -0.05) is 47.1 Å². The summed E-state index contributed by atoms with van der Waals surface area (Å²) in [5.74, 6) is 1.97. The topological polar surface area (TPSA) is 159 Å². The van der Waals surface area contributed by atoms with Crippen molar-refractivity contribution < 1.29 is 29.4 Å². The molecule has 13 atom stereocenters. The van der Waals surface area contributed by atoms with Crippen LogP contribution in [0.3, 0.4) is 0 Å². The van der Waals surface area contributed by atoms with Gasteiger partial charge in [-0.25, -0.2) is 0 Å². The fraction of sp³-hybridized carbons (Fsp3) is 0.854. The number of nitrogens with two attached hydrogens (primary N) is 1.